The maximum absolute atomic E-state index is 12.8. The zero-order valence-electron chi connectivity index (χ0n) is 19.3. The average molecular weight is 438 g/mol. The molecular weight excluding hydrogens is 402 g/mol. The molecule has 0 bridgehead atoms. The lowest BCUT2D eigenvalue weighted by Crippen LogP contribution is -2.51. The minimum Gasteiger partial charge on any atom is -0.367 e. The summed E-state index contributed by atoms with van der Waals surface area (Å²) in [6.45, 7) is 7.27. The third kappa shape index (κ3) is 5.38. The number of hydrogen-bond acceptors (Lipinski definition) is 5. The number of aromatic nitrogens is 1. The molecule has 7 nitrogen and oxygen atoms in total. The van der Waals surface area contributed by atoms with Crippen LogP contribution in [0.1, 0.15) is 39.0 Å². The number of hydrogen-bond donors (Lipinski definition) is 1. The first kappa shape index (κ1) is 22.5. The van der Waals surface area contributed by atoms with E-state index in [0.717, 1.165) is 82.6 Å². The first-order chi connectivity index (χ1) is 15.5. The smallest absolute Gasteiger partial charge is 0.256 e. The molecule has 0 aromatic carbocycles. The van der Waals surface area contributed by atoms with Gasteiger partial charge in [0.2, 0.25) is 5.91 Å². The number of nitrogens with zero attached hydrogens (tertiary/aromatic N) is 4. The number of nitrogens with one attached hydrogen (secondary N) is 1. The van der Waals surface area contributed by atoms with Gasteiger partial charge in [-0.2, -0.15) is 0 Å². The monoisotopic (exact) mass is 437 g/mol. The molecule has 2 saturated heterocycles. The third-order valence-electron chi connectivity index (χ3n) is 6.92. The molecule has 2 fully saturated rings. The molecule has 32 heavy (non-hydrogen) atoms. The first-order valence-corrected chi connectivity index (χ1v) is 11.9. The Bertz CT molecular complexity index is 876. The van der Waals surface area contributed by atoms with Crippen LogP contribution in [0.25, 0.3) is 0 Å². The summed E-state index contributed by atoms with van der Waals surface area (Å²) < 4.78 is 0. The molecule has 0 saturated carbocycles. The molecule has 1 N–H and O–H groups in total. The van der Waals surface area contributed by atoms with Crippen LogP contribution in [0.2, 0.25) is 0 Å². The van der Waals surface area contributed by atoms with Gasteiger partial charge in [-0.15, -0.1) is 0 Å². The molecule has 3 aliphatic rings. The molecule has 1 aromatic heterocycles. The lowest BCUT2D eigenvalue weighted by molar-refractivity contribution is -0.137. The zero-order valence-corrected chi connectivity index (χ0v) is 19.3. The summed E-state index contributed by atoms with van der Waals surface area (Å²) in [5.41, 5.74) is 3.07. The Hall–Kier alpha value is -2.67. The Kier molecular flexibility index (Phi) is 7.25. The molecule has 0 radical (unpaired) electrons. The van der Waals surface area contributed by atoms with Crippen molar-refractivity contribution in [1.29, 1.82) is 0 Å². The molecule has 0 spiro atoms. The molecule has 2 aliphatic heterocycles. The summed E-state index contributed by atoms with van der Waals surface area (Å²) in [4.78, 5) is 36.4. The Morgan fingerprint density at radius 1 is 1.09 bits per heavy atom. The van der Waals surface area contributed by atoms with Crippen molar-refractivity contribution < 1.29 is 9.59 Å². The van der Waals surface area contributed by atoms with Crippen molar-refractivity contribution >= 4 is 23.3 Å². The van der Waals surface area contributed by atoms with Crippen LogP contribution in [-0.4, -0.2) is 72.9 Å². The third-order valence-corrected chi connectivity index (χ3v) is 6.92. The van der Waals surface area contributed by atoms with Crippen molar-refractivity contribution in [3.05, 3.63) is 41.6 Å². The largest absolute Gasteiger partial charge is 0.367 e. The molecule has 0 unspecified atom stereocenters. The number of carbonyl (C=O) groups excluding carboxylic acids is 2. The predicted octanol–water partition coefficient (Wildman–Crippen LogP) is 3.07. The normalized spacial score (nSPS) is 20.6. The molecule has 2 amide bonds. The number of piperazine rings is 1. The van der Waals surface area contributed by atoms with E-state index in [9.17, 15) is 9.59 Å². The highest BCUT2D eigenvalue weighted by Crippen LogP contribution is 2.23. The molecular formula is C25H35N5O2. The quantitative estimate of drug-likeness (QED) is 0.767. The van der Waals surface area contributed by atoms with Crippen LogP contribution in [0.3, 0.4) is 0 Å². The Labute approximate surface area is 191 Å². The van der Waals surface area contributed by atoms with Gasteiger partial charge in [0.25, 0.3) is 5.91 Å². The number of likely N-dealkylation sites (tertiary alicyclic amines) is 1. The number of pyridine rings is 1. The topological polar surface area (TPSA) is 68.8 Å². The molecule has 4 rings (SSSR count). The van der Waals surface area contributed by atoms with Crippen LogP contribution in [0.5, 0.6) is 0 Å². The van der Waals surface area contributed by atoms with Crippen molar-refractivity contribution in [3.8, 4) is 0 Å². The summed E-state index contributed by atoms with van der Waals surface area (Å²) in [5.74, 6) is 0.973. The highest BCUT2D eigenvalue weighted by Gasteiger charge is 2.29. The fourth-order valence-electron chi connectivity index (χ4n) is 4.74. The van der Waals surface area contributed by atoms with Crippen molar-refractivity contribution in [3.63, 3.8) is 0 Å². The highest BCUT2D eigenvalue weighted by molar-refractivity contribution is 6.05. The molecule has 3 heterocycles. The molecule has 172 valence electrons. The predicted molar refractivity (Wildman–Crippen MR) is 128 cm³/mol. The van der Waals surface area contributed by atoms with E-state index in [1.165, 1.54) is 5.57 Å². The maximum Gasteiger partial charge on any atom is 0.256 e. The van der Waals surface area contributed by atoms with Crippen molar-refractivity contribution in [2.75, 3.05) is 56.5 Å². The van der Waals surface area contributed by atoms with Crippen LogP contribution in [0, 0.1) is 5.92 Å². The van der Waals surface area contributed by atoms with Crippen LogP contribution < -0.4 is 10.2 Å². The van der Waals surface area contributed by atoms with Gasteiger partial charge in [-0.05, 0) is 64.4 Å². The van der Waals surface area contributed by atoms with E-state index in [2.05, 4.69) is 34.1 Å². The van der Waals surface area contributed by atoms with Crippen molar-refractivity contribution in [1.82, 2.24) is 14.8 Å². The Morgan fingerprint density at radius 3 is 2.50 bits per heavy atom. The molecule has 7 heteroatoms. The SMILES string of the molecule is CCC1=CC(C(=O)Nc2ccc(N3CCN(C(=O)C4CCN(C)CC4)CC3)cn2)=CCC1. The number of allylic oxidation sites excluding steroid dienone is 2. The lowest BCUT2D eigenvalue weighted by Gasteiger charge is -2.38. The van der Waals surface area contributed by atoms with Crippen LogP contribution in [0.4, 0.5) is 11.5 Å². The van der Waals surface area contributed by atoms with Crippen LogP contribution in [0.15, 0.2) is 41.6 Å². The fourth-order valence-corrected chi connectivity index (χ4v) is 4.74. The van der Waals surface area contributed by atoms with Crippen LogP contribution >= 0.6 is 0 Å². The van der Waals surface area contributed by atoms with E-state index in [0.29, 0.717) is 11.7 Å². The van der Waals surface area contributed by atoms with E-state index in [4.69, 9.17) is 0 Å². The van der Waals surface area contributed by atoms with Crippen molar-refractivity contribution in [2.24, 2.45) is 5.92 Å². The first-order valence-electron chi connectivity index (χ1n) is 11.9. The minimum absolute atomic E-state index is 0.100. The highest BCUT2D eigenvalue weighted by atomic mass is 16.2. The van der Waals surface area contributed by atoms with Gasteiger partial charge in [-0.3, -0.25) is 9.59 Å². The minimum atomic E-state index is -0.100. The van der Waals surface area contributed by atoms with E-state index in [1.54, 1.807) is 0 Å². The molecule has 0 atom stereocenters. The fraction of sp³-hybridized carbons (Fsp3) is 0.560. The molecule has 1 aliphatic carbocycles. The summed E-state index contributed by atoms with van der Waals surface area (Å²) >= 11 is 0. The average Bonchev–Trinajstić information content (AvgIpc) is 2.84. The van der Waals surface area contributed by atoms with Gasteiger partial charge >= 0.3 is 0 Å². The second-order valence-corrected chi connectivity index (χ2v) is 9.10. The van der Waals surface area contributed by atoms with Gasteiger partial charge in [-0.1, -0.05) is 24.6 Å². The van der Waals surface area contributed by atoms with E-state index in [-0.39, 0.29) is 11.8 Å². The van der Waals surface area contributed by atoms with Gasteiger partial charge in [0.15, 0.2) is 0 Å². The van der Waals surface area contributed by atoms with Gasteiger partial charge in [0.1, 0.15) is 5.82 Å². The standard InChI is InChI=1S/C25H35N5O2/c1-3-19-5-4-6-21(17-19)24(31)27-23-8-7-22(18-26-23)29-13-15-30(16-14-29)25(32)20-9-11-28(2)12-10-20/h6-8,17-18,20H,3-5,9-16H2,1-2H3,(H,26,27,31). The number of anilines is 2. The van der Waals surface area contributed by atoms with Crippen LogP contribution in [-0.2, 0) is 9.59 Å². The summed E-state index contributed by atoms with van der Waals surface area (Å²) in [5, 5.41) is 2.91. The van der Waals surface area contributed by atoms with E-state index >= 15 is 0 Å². The van der Waals surface area contributed by atoms with Gasteiger partial charge < -0.3 is 20.0 Å². The lowest BCUT2D eigenvalue weighted by atomic mass is 9.95. The van der Waals surface area contributed by atoms with E-state index in [1.807, 2.05) is 35.4 Å². The second-order valence-electron chi connectivity index (χ2n) is 9.10. The van der Waals surface area contributed by atoms with Gasteiger partial charge in [0.05, 0.1) is 11.9 Å². The zero-order chi connectivity index (χ0) is 22.5. The Morgan fingerprint density at radius 2 is 1.84 bits per heavy atom. The number of rotatable bonds is 5. The van der Waals surface area contributed by atoms with Crippen molar-refractivity contribution in [2.45, 2.75) is 39.0 Å². The number of piperidine rings is 1. The molecule has 1 aromatic rings. The number of amides is 2. The second kappa shape index (κ2) is 10.3. The summed E-state index contributed by atoms with van der Waals surface area (Å²) in [6.07, 6.45) is 10.7. The van der Waals surface area contributed by atoms with E-state index < -0.39 is 0 Å². The maximum atomic E-state index is 12.8. The summed E-state index contributed by atoms with van der Waals surface area (Å²) in [6, 6.07) is 3.86. The summed E-state index contributed by atoms with van der Waals surface area (Å²) in [7, 11) is 2.12. The van der Waals surface area contributed by atoms with Gasteiger partial charge in [-0.25, -0.2) is 4.98 Å². The van der Waals surface area contributed by atoms with Gasteiger partial charge in [0, 0.05) is 37.7 Å². The number of carbonyl (C=O) groups is 2. The Balaban J connectivity index is 1.28.